The van der Waals surface area contributed by atoms with Crippen molar-refractivity contribution in [1.82, 2.24) is 4.57 Å². The van der Waals surface area contributed by atoms with Crippen LogP contribution in [0.4, 0.5) is 0 Å². The van der Waals surface area contributed by atoms with Crippen molar-refractivity contribution in [1.29, 1.82) is 0 Å². The quantitative estimate of drug-likeness (QED) is 0.150. The van der Waals surface area contributed by atoms with Crippen molar-refractivity contribution in [2.45, 2.75) is 144 Å². The van der Waals surface area contributed by atoms with Crippen LogP contribution in [0.25, 0.3) is 28.2 Å². The molecule has 1 aromatic heterocycles. The zero-order chi connectivity index (χ0) is 32.2. The third-order valence-corrected chi connectivity index (χ3v) is 26.4. The molecule has 4 nitrogen and oxygen atoms in total. The SMILES string of the molecule is CCC[CH2][Sn]([CH2]CCC)([CH2]CCC)[C]1=Cc2cc(O)ccc2-c2c(C3CCCCC3)c3ccc(C(=O)OC(C)(C)C)cc3n2C1. The number of aromatic nitrogens is 1. The average Bonchev–Trinajstić information content (AvgIpc) is 3.23. The molecule has 2 heterocycles. The molecule has 2 aromatic carbocycles. The molecule has 2 aliphatic rings. The molecule has 0 radical (unpaired) electrons. The number of rotatable bonds is 12. The van der Waals surface area contributed by atoms with Crippen LogP contribution in [0.15, 0.2) is 40.0 Å². The number of allylic oxidation sites excluding steroid dienone is 1. The Bertz CT molecular complexity index is 1500. The van der Waals surface area contributed by atoms with Gasteiger partial charge in [0.25, 0.3) is 0 Å². The van der Waals surface area contributed by atoms with Crippen molar-refractivity contribution >= 4 is 41.3 Å². The van der Waals surface area contributed by atoms with Gasteiger partial charge in [-0.1, -0.05) is 0 Å². The Kier molecular flexibility index (Phi) is 11.1. The van der Waals surface area contributed by atoms with Gasteiger partial charge in [0, 0.05) is 0 Å². The number of ether oxygens (including phenoxy) is 1. The average molecular weight is 719 g/mol. The van der Waals surface area contributed by atoms with Crippen LogP contribution >= 0.6 is 0 Å². The Morgan fingerprint density at radius 1 is 0.911 bits per heavy atom. The number of nitrogens with zero attached hydrogens (tertiary/aromatic N) is 1. The molecule has 244 valence electrons. The fraction of sp³-hybridized carbons (Fsp3) is 0.575. The van der Waals surface area contributed by atoms with Gasteiger partial charge in [-0.2, -0.15) is 0 Å². The van der Waals surface area contributed by atoms with E-state index in [-0.39, 0.29) is 5.97 Å². The number of esters is 1. The summed E-state index contributed by atoms with van der Waals surface area (Å²) in [5.41, 5.74) is 6.45. The maximum absolute atomic E-state index is 13.4. The van der Waals surface area contributed by atoms with Crippen molar-refractivity contribution in [3.63, 3.8) is 0 Å². The fourth-order valence-corrected chi connectivity index (χ4v) is 24.5. The van der Waals surface area contributed by atoms with Crippen LogP contribution in [0.5, 0.6) is 5.75 Å². The second-order valence-corrected chi connectivity index (χ2v) is 28.4. The molecule has 3 aromatic rings. The van der Waals surface area contributed by atoms with Gasteiger partial charge in [0.1, 0.15) is 0 Å². The Hall–Kier alpha value is -2.21. The summed E-state index contributed by atoms with van der Waals surface area (Å²) in [7, 11) is 0. The van der Waals surface area contributed by atoms with Crippen molar-refractivity contribution in [2.75, 3.05) is 0 Å². The number of carbonyl (C=O) groups is 1. The van der Waals surface area contributed by atoms with Crippen LogP contribution in [0, 0.1) is 0 Å². The minimum atomic E-state index is -2.87. The third-order valence-electron chi connectivity index (χ3n) is 10.4. The third kappa shape index (κ3) is 7.52. The van der Waals surface area contributed by atoms with Gasteiger partial charge in [-0.15, -0.1) is 0 Å². The van der Waals surface area contributed by atoms with E-state index < -0.39 is 24.0 Å². The van der Waals surface area contributed by atoms with Crippen molar-refractivity contribution < 1.29 is 14.6 Å². The van der Waals surface area contributed by atoms with Gasteiger partial charge in [0.2, 0.25) is 0 Å². The first-order valence-electron chi connectivity index (χ1n) is 18.0. The summed E-state index contributed by atoms with van der Waals surface area (Å²) in [4.78, 5) is 13.4. The van der Waals surface area contributed by atoms with Crippen LogP contribution in [-0.2, 0) is 11.3 Å². The van der Waals surface area contributed by atoms with Crippen LogP contribution in [0.1, 0.15) is 140 Å². The number of phenolic OH excluding ortho intramolecular Hbond substituents is 1. The summed E-state index contributed by atoms with van der Waals surface area (Å²) in [6, 6.07) is 12.4. The molecule has 1 fully saturated rings. The van der Waals surface area contributed by atoms with E-state index >= 15 is 0 Å². The molecule has 0 unspecified atom stereocenters. The minimum absolute atomic E-state index is 0.253. The zero-order valence-electron chi connectivity index (χ0n) is 28.9. The second-order valence-electron chi connectivity index (χ2n) is 14.9. The number of benzene rings is 2. The van der Waals surface area contributed by atoms with Gasteiger partial charge in [-0.3, -0.25) is 0 Å². The van der Waals surface area contributed by atoms with Gasteiger partial charge in [-0.25, -0.2) is 0 Å². The number of fused-ring (bicyclic) bond motifs is 5. The molecule has 1 saturated carbocycles. The van der Waals surface area contributed by atoms with Crippen LogP contribution < -0.4 is 0 Å². The van der Waals surface area contributed by atoms with Gasteiger partial charge in [0.15, 0.2) is 0 Å². The van der Waals surface area contributed by atoms with E-state index in [9.17, 15) is 9.90 Å². The molecule has 0 spiro atoms. The van der Waals surface area contributed by atoms with E-state index in [2.05, 4.69) is 49.6 Å². The molecule has 0 saturated heterocycles. The Morgan fingerprint density at radius 3 is 2.16 bits per heavy atom. The number of unbranched alkanes of at least 4 members (excludes halogenated alkanes) is 3. The Balaban J connectivity index is 1.79. The molecule has 1 N–H and O–H groups in total. The molecular weight excluding hydrogens is 661 g/mol. The summed E-state index contributed by atoms with van der Waals surface area (Å²) >= 11 is -2.87. The monoisotopic (exact) mass is 719 g/mol. The van der Waals surface area contributed by atoms with Crippen molar-refractivity contribution in [2.24, 2.45) is 0 Å². The summed E-state index contributed by atoms with van der Waals surface area (Å²) < 4.78 is 14.4. The number of phenols is 1. The van der Waals surface area contributed by atoms with Gasteiger partial charge in [-0.05, 0) is 0 Å². The summed E-state index contributed by atoms with van der Waals surface area (Å²) in [5.74, 6) is 0.592. The van der Waals surface area contributed by atoms with E-state index in [0.29, 0.717) is 17.2 Å². The summed E-state index contributed by atoms with van der Waals surface area (Å²) in [5, 5.41) is 12.1. The first-order valence-corrected chi connectivity index (χ1v) is 25.5. The molecule has 0 bridgehead atoms. The molecule has 5 heteroatoms. The fourth-order valence-electron chi connectivity index (χ4n) is 8.11. The normalized spacial score (nSPS) is 15.8. The zero-order valence-corrected chi connectivity index (χ0v) is 31.8. The van der Waals surface area contributed by atoms with Crippen LogP contribution in [0.3, 0.4) is 0 Å². The van der Waals surface area contributed by atoms with Gasteiger partial charge < -0.3 is 0 Å². The van der Waals surface area contributed by atoms with E-state index in [4.69, 9.17) is 4.74 Å². The first kappa shape index (κ1) is 34.1. The summed E-state index contributed by atoms with van der Waals surface area (Å²) in [6.45, 7) is 13.7. The predicted octanol–water partition coefficient (Wildman–Crippen LogP) is 11.8. The standard InChI is InChI=1S/C28H30NO3.3C4H9.Sn/c1-28(2,3)32-27(31)20-11-13-23-24(17-20)29-15-7-10-19-16-21(30)12-14-22(19)26(29)25(23)18-8-5-4-6-9-18;3*1-3-4-2;/h10-14,16-18,30H,4-6,8-9,15H2,1-3H3;3*1,3-4H2,2H3;. The van der Waals surface area contributed by atoms with E-state index in [1.54, 1.807) is 3.59 Å². The summed E-state index contributed by atoms with van der Waals surface area (Å²) in [6.07, 6.45) is 16.5. The number of hydrogen-bond donors (Lipinski definition) is 1. The molecule has 0 amide bonds. The molecule has 1 aliphatic heterocycles. The van der Waals surface area contributed by atoms with E-state index in [1.807, 2.05) is 39.0 Å². The number of hydrogen-bond acceptors (Lipinski definition) is 3. The maximum atomic E-state index is 13.4. The van der Waals surface area contributed by atoms with E-state index in [0.717, 1.165) is 6.54 Å². The van der Waals surface area contributed by atoms with Gasteiger partial charge in [0.05, 0.1) is 0 Å². The van der Waals surface area contributed by atoms with Crippen molar-refractivity contribution in [3.8, 4) is 17.0 Å². The molecule has 5 rings (SSSR count). The molecule has 1 aliphatic carbocycles. The van der Waals surface area contributed by atoms with E-state index in [1.165, 1.54) is 117 Å². The van der Waals surface area contributed by atoms with Crippen LogP contribution in [0.2, 0.25) is 13.3 Å². The topological polar surface area (TPSA) is 51.5 Å². The molecule has 0 atom stereocenters. The Morgan fingerprint density at radius 2 is 1.56 bits per heavy atom. The predicted molar refractivity (Wildman–Crippen MR) is 193 cm³/mol. The number of aromatic hydroxyl groups is 1. The number of carbonyl (C=O) groups excluding carboxylic acids is 1. The second kappa shape index (κ2) is 14.7. The van der Waals surface area contributed by atoms with Crippen LogP contribution in [-0.4, -0.2) is 39.6 Å². The van der Waals surface area contributed by atoms with Crippen molar-refractivity contribution in [3.05, 3.63) is 56.7 Å². The first-order chi connectivity index (χ1) is 21.6. The molecular formula is C40H57NO3Sn. The van der Waals surface area contributed by atoms with Gasteiger partial charge >= 0.3 is 278 Å². The molecule has 45 heavy (non-hydrogen) atoms. The Labute approximate surface area is 276 Å².